The fourth-order valence-corrected chi connectivity index (χ4v) is 11.9. The van der Waals surface area contributed by atoms with Crippen LogP contribution in [0.4, 0.5) is 11.4 Å². The Morgan fingerprint density at radius 1 is 0.757 bits per heavy atom. The number of carbonyl (C=O) groups excluding carboxylic acids is 1. The smallest absolute Gasteiger partial charge is 0.264 e. The number of amides is 1. The number of anilines is 1. The number of nitrogens with one attached hydrogen (secondary N) is 7. The Balaban J connectivity index is 1.02. The lowest BCUT2D eigenvalue weighted by Crippen LogP contribution is -2.67. The normalized spacial score (nSPS) is 25.9. The van der Waals surface area contributed by atoms with E-state index >= 15 is 0 Å². The molecule has 0 spiro atoms. The number of allylic oxidation sites excluding steroid dienone is 8. The first-order chi connectivity index (χ1) is 33.5. The maximum atomic E-state index is 13.8. The molecule has 16 heteroatoms. The second kappa shape index (κ2) is 24.3. The SMILES string of the molecule is CC1(C)C(/C=C/C2=C(Cl)C(=C/C=C3/N(CCCCS(=O)(=O)O)c4ccccc4C3(C)C)/CCC2)=[N+](CCCCCC(=O)NC23CNCCNCC(N)(CNCCNC2)CNCCNC3)c2ccccc21. The number of nitrogens with zero attached hydrogens (tertiary/aromatic N) is 2. The Bertz CT molecular complexity index is 2370. The molecule has 70 heavy (non-hydrogen) atoms. The zero-order valence-corrected chi connectivity index (χ0v) is 43.9. The highest BCUT2D eigenvalue weighted by Gasteiger charge is 2.44. The standard InChI is InChI=1S/C54H81ClN10O4S/c1-51(2)43-17-7-9-19-45(43)64(32-11-5-6-21-49(66)63-54-38-60-29-26-57-35-53(56,36-58-27-30-61-39-54)37-59-28-31-62-40-54)47(51)24-22-41-15-14-16-42(50(41)55)23-25-48-52(3,4)44-18-8-10-20-46(44)65(48)33-12-13-34-70(67,68)69/h7-10,17-20,22-25,57-62H,5-6,11-16,21,26-40,56H2,1-4H3,(H-,63,66,67,68,69)/p+1. The molecule has 0 aromatic heterocycles. The molecule has 8 rings (SSSR count). The van der Waals surface area contributed by atoms with E-state index in [1.165, 1.54) is 22.5 Å². The van der Waals surface area contributed by atoms with Crippen LogP contribution in [0.2, 0.25) is 0 Å². The minimum Gasteiger partial charge on any atom is -0.347 e. The Morgan fingerprint density at radius 3 is 2.00 bits per heavy atom. The zero-order chi connectivity index (χ0) is 49.8. The number of nitrogens with two attached hydrogens (primary N) is 1. The minimum atomic E-state index is -4.01. The fraction of sp³-hybridized carbons (Fsp3) is 0.593. The third-order valence-corrected chi connectivity index (χ3v) is 16.2. The monoisotopic (exact) mass is 1000 g/mol. The molecule has 384 valence electrons. The van der Waals surface area contributed by atoms with Crippen molar-refractivity contribution in [2.45, 2.75) is 107 Å². The Morgan fingerprint density at radius 2 is 1.36 bits per heavy atom. The van der Waals surface area contributed by atoms with Crippen molar-refractivity contribution in [1.29, 1.82) is 0 Å². The summed E-state index contributed by atoms with van der Waals surface area (Å²) in [6, 6.07) is 17.1. The van der Waals surface area contributed by atoms with E-state index in [1.54, 1.807) is 0 Å². The van der Waals surface area contributed by atoms with Crippen LogP contribution >= 0.6 is 11.6 Å². The molecule has 14 nitrogen and oxygen atoms in total. The van der Waals surface area contributed by atoms with E-state index in [4.69, 9.17) is 17.3 Å². The number of rotatable bonds is 15. The van der Waals surface area contributed by atoms with Gasteiger partial charge in [-0.1, -0.05) is 74.0 Å². The molecule has 0 saturated carbocycles. The van der Waals surface area contributed by atoms with E-state index in [0.29, 0.717) is 65.1 Å². The molecule has 3 saturated heterocycles. The van der Waals surface area contributed by atoms with E-state index < -0.39 is 15.7 Å². The Kier molecular flexibility index (Phi) is 18.8. The van der Waals surface area contributed by atoms with Crippen LogP contribution in [0.3, 0.4) is 0 Å². The molecule has 6 aliphatic rings. The molecule has 2 aromatic rings. The number of carbonyl (C=O) groups is 1. The first kappa shape index (κ1) is 54.0. The molecule has 5 heterocycles. The van der Waals surface area contributed by atoms with Crippen molar-refractivity contribution in [2.75, 3.05) is 102 Å². The molecule has 0 unspecified atom stereocenters. The summed E-state index contributed by atoms with van der Waals surface area (Å²) in [7, 11) is -4.01. The summed E-state index contributed by atoms with van der Waals surface area (Å²) >= 11 is 7.33. The Hall–Kier alpha value is -3.74. The summed E-state index contributed by atoms with van der Waals surface area (Å²) in [5.41, 5.74) is 15.0. The van der Waals surface area contributed by atoms with Crippen molar-refractivity contribution in [1.82, 2.24) is 37.2 Å². The van der Waals surface area contributed by atoms with Crippen LogP contribution in [0.5, 0.6) is 0 Å². The molecule has 3 fully saturated rings. The van der Waals surface area contributed by atoms with Crippen molar-refractivity contribution in [3.63, 3.8) is 0 Å². The number of hydrogen-bond acceptors (Lipinski definition) is 11. The quantitative estimate of drug-likeness (QED) is 0.0643. The number of halogens is 1. The molecule has 10 N–H and O–H groups in total. The summed E-state index contributed by atoms with van der Waals surface area (Å²) < 4.78 is 34.7. The Labute approximate surface area is 423 Å². The van der Waals surface area contributed by atoms with E-state index in [-0.39, 0.29) is 28.0 Å². The van der Waals surface area contributed by atoms with Gasteiger partial charge >= 0.3 is 0 Å². The summed E-state index contributed by atoms with van der Waals surface area (Å²) in [5.74, 6) is -0.154. The van der Waals surface area contributed by atoms with Crippen LogP contribution in [0.15, 0.2) is 94.7 Å². The molecule has 2 aromatic carbocycles. The lowest BCUT2D eigenvalue weighted by molar-refractivity contribution is -0.438. The zero-order valence-electron chi connectivity index (χ0n) is 42.3. The van der Waals surface area contributed by atoms with Gasteiger partial charge in [-0.05, 0) is 87.6 Å². The van der Waals surface area contributed by atoms with Gasteiger partial charge in [0.15, 0.2) is 5.71 Å². The molecule has 5 aliphatic heterocycles. The summed E-state index contributed by atoms with van der Waals surface area (Å²) in [5, 5.41) is 25.8. The van der Waals surface area contributed by atoms with Crippen LogP contribution < -0.4 is 47.9 Å². The van der Waals surface area contributed by atoms with Gasteiger partial charge in [-0.3, -0.25) is 9.35 Å². The first-order valence-corrected chi connectivity index (χ1v) is 27.9. The van der Waals surface area contributed by atoms with Crippen molar-refractivity contribution in [3.05, 3.63) is 106 Å². The third kappa shape index (κ3) is 13.9. The van der Waals surface area contributed by atoms with Gasteiger partial charge in [0.2, 0.25) is 11.6 Å². The molecule has 1 amide bonds. The predicted octanol–water partition coefficient (Wildman–Crippen LogP) is 5.25. The number of unbranched alkanes of at least 4 members (excludes halogenated alkanes) is 3. The highest BCUT2D eigenvalue weighted by Crippen LogP contribution is 2.48. The molecular formula is C54H82ClN10O4S+. The van der Waals surface area contributed by atoms with E-state index in [1.807, 2.05) is 6.07 Å². The number of hydrogen-bond donors (Lipinski definition) is 9. The number of fused-ring (bicyclic) bond motifs is 17. The number of benzene rings is 2. The molecule has 0 atom stereocenters. The van der Waals surface area contributed by atoms with Gasteiger partial charge in [-0.25, -0.2) is 0 Å². The number of para-hydroxylation sites is 2. The van der Waals surface area contributed by atoms with Crippen LogP contribution in [-0.2, 0) is 25.7 Å². The van der Waals surface area contributed by atoms with Gasteiger partial charge in [-0.2, -0.15) is 13.0 Å². The largest absolute Gasteiger partial charge is 0.347 e. The molecule has 2 bridgehead atoms. The van der Waals surface area contributed by atoms with Crippen LogP contribution in [0, 0.1) is 0 Å². The molecule has 1 aliphatic carbocycles. The third-order valence-electron chi connectivity index (χ3n) is 14.9. The van der Waals surface area contributed by atoms with Gasteiger partial charge in [0.05, 0.1) is 22.2 Å². The second-order valence-electron chi connectivity index (χ2n) is 21.3. The van der Waals surface area contributed by atoms with E-state index in [2.05, 4.69) is 141 Å². The van der Waals surface area contributed by atoms with Gasteiger partial charge in [0.25, 0.3) is 10.1 Å². The van der Waals surface area contributed by atoms with Crippen molar-refractivity contribution in [2.24, 2.45) is 5.73 Å². The molecule has 0 radical (unpaired) electrons. The lowest BCUT2D eigenvalue weighted by atomic mass is 9.81. The highest BCUT2D eigenvalue weighted by molar-refractivity contribution is 7.85. The fourth-order valence-electron chi connectivity index (χ4n) is 11.0. The average molecular weight is 1000 g/mol. The first-order valence-electron chi connectivity index (χ1n) is 25.9. The summed E-state index contributed by atoms with van der Waals surface area (Å²) in [4.78, 5) is 16.1. The minimum absolute atomic E-state index is 0.0862. The topological polar surface area (TPSA) is 188 Å². The van der Waals surface area contributed by atoms with E-state index in [9.17, 15) is 17.8 Å². The van der Waals surface area contributed by atoms with Crippen LogP contribution in [-0.4, -0.2) is 138 Å². The highest BCUT2D eigenvalue weighted by atomic mass is 35.5. The van der Waals surface area contributed by atoms with Crippen molar-refractivity contribution >= 4 is 44.7 Å². The lowest BCUT2D eigenvalue weighted by Gasteiger charge is -2.37. The molecular weight excluding hydrogens is 920 g/mol. The maximum Gasteiger partial charge on any atom is 0.264 e. The van der Waals surface area contributed by atoms with Crippen LogP contribution in [0.25, 0.3) is 0 Å². The predicted molar refractivity (Wildman–Crippen MR) is 287 cm³/mol. The van der Waals surface area contributed by atoms with Gasteiger partial charge in [-0.15, -0.1) is 0 Å². The second-order valence-corrected chi connectivity index (χ2v) is 23.2. The van der Waals surface area contributed by atoms with Gasteiger partial charge in [0.1, 0.15) is 6.54 Å². The van der Waals surface area contributed by atoms with Gasteiger partial charge < -0.3 is 47.9 Å². The summed E-state index contributed by atoms with van der Waals surface area (Å²) in [6.07, 6.45) is 15.9. The van der Waals surface area contributed by atoms with Crippen LogP contribution in [0.1, 0.15) is 96.6 Å². The van der Waals surface area contributed by atoms with Crippen molar-refractivity contribution < 1.29 is 22.3 Å². The maximum absolute atomic E-state index is 13.8. The van der Waals surface area contributed by atoms with Crippen molar-refractivity contribution in [3.8, 4) is 0 Å². The summed E-state index contributed by atoms with van der Waals surface area (Å²) in [6.45, 7) is 19.4. The average Bonchev–Trinajstić information content (AvgIpc) is 3.67. The van der Waals surface area contributed by atoms with Gasteiger partial charge in [0, 0.05) is 137 Å². The van der Waals surface area contributed by atoms with E-state index in [0.717, 1.165) is 112 Å².